The van der Waals surface area contributed by atoms with Crippen LogP contribution < -0.4 is 0 Å². The van der Waals surface area contributed by atoms with E-state index in [4.69, 9.17) is 4.74 Å². The fourth-order valence-corrected chi connectivity index (χ4v) is 2.10. The molecule has 1 amide bonds. The zero-order chi connectivity index (χ0) is 13.7. The van der Waals surface area contributed by atoms with Crippen molar-refractivity contribution in [3.63, 3.8) is 0 Å². The first-order valence-electron chi connectivity index (χ1n) is 5.65. The molecule has 0 aromatic heterocycles. The van der Waals surface area contributed by atoms with Crippen LogP contribution in [0.2, 0.25) is 0 Å². The van der Waals surface area contributed by atoms with Crippen molar-refractivity contribution in [2.45, 2.75) is 13.0 Å². The van der Waals surface area contributed by atoms with Gasteiger partial charge in [-0.15, -0.1) is 0 Å². The van der Waals surface area contributed by atoms with Gasteiger partial charge in [-0.3, -0.25) is 4.79 Å². The van der Waals surface area contributed by atoms with E-state index in [-0.39, 0.29) is 19.1 Å². The van der Waals surface area contributed by atoms with Gasteiger partial charge in [-0.2, -0.15) is 0 Å². The molecule has 1 atom stereocenters. The first kappa shape index (κ1) is 15.1. The molecule has 0 aliphatic carbocycles. The monoisotopic (exact) mass is 315 g/mol. The minimum absolute atomic E-state index is 0.124. The predicted octanol–water partition coefficient (Wildman–Crippen LogP) is 1.84. The van der Waals surface area contributed by atoms with Crippen LogP contribution in [0.4, 0.5) is 0 Å². The highest BCUT2D eigenvalue weighted by Crippen LogP contribution is 2.22. The van der Waals surface area contributed by atoms with Gasteiger partial charge in [-0.05, 0) is 34.5 Å². The molecule has 0 aliphatic rings. The Labute approximate surface area is 116 Å². The molecule has 1 N–H and O–H groups in total. The van der Waals surface area contributed by atoms with Crippen molar-refractivity contribution < 1.29 is 14.6 Å². The summed E-state index contributed by atoms with van der Waals surface area (Å²) in [5, 5.41) is 9.61. The van der Waals surface area contributed by atoms with Crippen molar-refractivity contribution in [2.24, 2.45) is 0 Å². The van der Waals surface area contributed by atoms with Crippen molar-refractivity contribution in [3.05, 3.63) is 33.8 Å². The van der Waals surface area contributed by atoms with Crippen molar-refractivity contribution in [1.82, 2.24) is 4.90 Å². The summed E-state index contributed by atoms with van der Waals surface area (Å²) in [6.07, 6.45) is -0.674. The van der Waals surface area contributed by atoms with Gasteiger partial charge in [0.05, 0.1) is 18.3 Å². The Hall–Kier alpha value is -0.910. The second kappa shape index (κ2) is 6.87. The average molecular weight is 316 g/mol. The highest BCUT2D eigenvalue weighted by molar-refractivity contribution is 9.10. The number of carbonyl (C=O) groups is 1. The Morgan fingerprint density at radius 1 is 1.56 bits per heavy atom. The summed E-state index contributed by atoms with van der Waals surface area (Å²) in [7, 11) is 3.18. The maximum absolute atomic E-state index is 12.2. The molecule has 1 unspecified atom stereocenters. The van der Waals surface area contributed by atoms with Crippen molar-refractivity contribution >= 4 is 21.8 Å². The number of rotatable bonds is 5. The molecule has 5 heteroatoms. The lowest BCUT2D eigenvalue weighted by Crippen LogP contribution is -2.36. The van der Waals surface area contributed by atoms with Crippen LogP contribution in [-0.4, -0.2) is 49.3 Å². The molecule has 0 heterocycles. The number of aliphatic hydroxyl groups is 1. The average Bonchev–Trinajstić information content (AvgIpc) is 2.32. The topological polar surface area (TPSA) is 49.8 Å². The molecule has 4 nitrogen and oxygen atoms in total. The Balaban J connectivity index is 2.77. The maximum atomic E-state index is 12.2. The number of aliphatic hydroxyl groups excluding tert-OH is 1. The first-order valence-corrected chi connectivity index (χ1v) is 6.44. The predicted molar refractivity (Wildman–Crippen MR) is 73.7 cm³/mol. The summed E-state index contributed by atoms with van der Waals surface area (Å²) in [5.41, 5.74) is 1.61. The zero-order valence-corrected chi connectivity index (χ0v) is 12.4. The molecule has 100 valence electrons. The summed E-state index contributed by atoms with van der Waals surface area (Å²) >= 11 is 3.41. The van der Waals surface area contributed by atoms with Gasteiger partial charge in [0, 0.05) is 25.2 Å². The summed E-state index contributed by atoms with van der Waals surface area (Å²) in [6, 6.07) is 5.53. The number of aryl methyl sites for hydroxylation is 1. The van der Waals surface area contributed by atoms with E-state index in [0.29, 0.717) is 5.56 Å². The fourth-order valence-electron chi connectivity index (χ4n) is 1.66. The number of methoxy groups -OCH3 is 1. The molecule has 18 heavy (non-hydrogen) atoms. The third-order valence-corrected chi connectivity index (χ3v) is 3.67. The van der Waals surface area contributed by atoms with Crippen LogP contribution in [0.1, 0.15) is 15.9 Å². The SMILES string of the molecule is COCC(O)CN(C)C(=O)c1cccc(C)c1Br. The molecule has 0 radical (unpaired) electrons. The minimum Gasteiger partial charge on any atom is -0.389 e. The van der Waals surface area contributed by atoms with Crippen LogP contribution in [0.25, 0.3) is 0 Å². The molecule has 0 spiro atoms. The van der Waals surface area contributed by atoms with E-state index in [1.165, 1.54) is 12.0 Å². The normalized spacial score (nSPS) is 12.3. The summed E-state index contributed by atoms with van der Waals surface area (Å²) in [5.74, 6) is -0.124. The van der Waals surface area contributed by atoms with E-state index in [9.17, 15) is 9.90 Å². The molecule has 0 aliphatic heterocycles. The molecule has 1 aromatic rings. The molecule has 1 aromatic carbocycles. The Morgan fingerprint density at radius 2 is 2.22 bits per heavy atom. The number of carbonyl (C=O) groups excluding carboxylic acids is 1. The number of hydrogen-bond donors (Lipinski definition) is 1. The van der Waals surface area contributed by atoms with Gasteiger partial charge in [0.2, 0.25) is 0 Å². The Bertz CT molecular complexity index is 423. The third-order valence-electron chi connectivity index (χ3n) is 2.61. The van der Waals surface area contributed by atoms with Crippen LogP contribution in [0, 0.1) is 6.92 Å². The zero-order valence-electron chi connectivity index (χ0n) is 10.8. The van der Waals surface area contributed by atoms with Gasteiger partial charge in [0.25, 0.3) is 5.91 Å². The van der Waals surface area contributed by atoms with Gasteiger partial charge in [-0.1, -0.05) is 12.1 Å². The second-order valence-electron chi connectivity index (χ2n) is 4.23. The molecular formula is C13H18BrNO3. The van der Waals surface area contributed by atoms with Crippen molar-refractivity contribution in [2.75, 3.05) is 27.3 Å². The number of halogens is 1. The number of hydrogen-bond acceptors (Lipinski definition) is 3. The number of amides is 1. The second-order valence-corrected chi connectivity index (χ2v) is 5.02. The lowest BCUT2D eigenvalue weighted by Gasteiger charge is -2.21. The largest absolute Gasteiger partial charge is 0.389 e. The van der Waals surface area contributed by atoms with E-state index in [1.54, 1.807) is 13.1 Å². The van der Waals surface area contributed by atoms with Crippen molar-refractivity contribution in [3.8, 4) is 0 Å². The number of benzene rings is 1. The molecule has 0 fully saturated rings. The Kier molecular flexibility index (Phi) is 5.78. The van der Waals surface area contributed by atoms with E-state index in [0.717, 1.165) is 10.0 Å². The smallest absolute Gasteiger partial charge is 0.254 e. The van der Waals surface area contributed by atoms with E-state index in [2.05, 4.69) is 15.9 Å². The Morgan fingerprint density at radius 3 is 2.83 bits per heavy atom. The standard InChI is InChI=1S/C13H18BrNO3/c1-9-5-4-6-11(12(9)14)13(17)15(2)7-10(16)8-18-3/h4-6,10,16H,7-8H2,1-3H3. The van der Waals surface area contributed by atoms with Crippen LogP contribution in [0.3, 0.4) is 0 Å². The number of ether oxygens (including phenoxy) is 1. The van der Waals surface area contributed by atoms with Crippen LogP contribution in [-0.2, 0) is 4.74 Å². The van der Waals surface area contributed by atoms with E-state index >= 15 is 0 Å². The maximum Gasteiger partial charge on any atom is 0.254 e. The molecule has 0 saturated heterocycles. The third kappa shape index (κ3) is 3.80. The molecule has 0 bridgehead atoms. The summed E-state index contributed by atoms with van der Waals surface area (Å²) in [6.45, 7) is 2.39. The van der Waals surface area contributed by atoms with Gasteiger partial charge >= 0.3 is 0 Å². The van der Waals surface area contributed by atoms with Gasteiger partial charge in [-0.25, -0.2) is 0 Å². The van der Waals surface area contributed by atoms with E-state index < -0.39 is 6.10 Å². The van der Waals surface area contributed by atoms with Crippen LogP contribution >= 0.6 is 15.9 Å². The van der Waals surface area contributed by atoms with Gasteiger partial charge in [0.15, 0.2) is 0 Å². The van der Waals surface area contributed by atoms with Crippen LogP contribution in [0.15, 0.2) is 22.7 Å². The lowest BCUT2D eigenvalue weighted by atomic mass is 10.1. The van der Waals surface area contributed by atoms with E-state index in [1.807, 2.05) is 19.1 Å². The lowest BCUT2D eigenvalue weighted by molar-refractivity contribution is 0.0380. The molecular weight excluding hydrogens is 298 g/mol. The first-order chi connectivity index (χ1) is 8.47. The number of nitrogens with zero attached hydrogens (tertiary/aromatic N) is 1. The van der Waals surface area contributed by atoms with Gasteiger partial charge < -0.3 is 14.7 Å². The van der Waals surface area contributed by atoms with Crippen LogP contribution in [0.5, 0.6) is 0 Å². The van der Waals surface area contributed by atoms with Crippen molar-refractivity contribution in [1.29, 1.82) is 0 Å². The highest BCUT2D eigenvalue weighted by atomic mass is 79.9. The molecule has 0 saturated carbocycles. The van der Waals surface area contributed by atoms with Gasteiger partial charge in [0.1, 0.15) is 0 Å². The summed E-state index contributed by atoms with van der Waals surface area (Å²) in [4.78, 5) is 13.7. The fraction of sp³-hybridized carbons (Fsp3) is 0.462. The molecule has 1 rings (SSSR count). The minimum atomic E-state index is -0.674. The highest BCUT2D eigenvalue weighted by Gasteiger charge is 2.18. The summed E-state index contributed by atoms with van der Waals surface area (Å²) < 4.78 is 5.63. The number of likely N-dealkylation sites (N-methyl/N-ethyl adjacent to an activating group) is 1. The quantitative estimate of drug-likeness (QED) is 0.902.